The highest BCUT2D eigenvalue weighted by molar-refractivity contribution is 7.92. The SMILES string of the molecule is CCS(=O)(=O)C1CC(C)C(C#N)(CO)C1. The average molecular weight is 231 g/mol. The number of nitriles is 1. The van der Waals surface area contributed by atoms with Crippen LogP contribution < -0.4 is 0 Å². The van der Waals surface area contributed by atoms with Crippen molar-refractivity contribution >= 4 is 9.84 Å². The molecule has 0 spiro atoms. The van der Waals surface area contributed by atoms with Gasteiger partial charge in [-0.2, -0.15) is 5.26 Å². The number of nitrogens with zero attached hydrogens (tertiary/aromatic N) is 1. The Labute approximate surface area is 90.8 Å². The molecular formula is C10H17NO3S. The highest BCUT2D eigenvalue weighted by atomic mass is 32.2. The monoisotopic (exact) mass is 231 g/mol. The number of aliphatic hydroxyl groups is 1. The number of aliphatic hydroxyl groups excluding tert-OH is 1. The van der Waals surface area contributed by atoms with Crippen LogP contribution in [0.2, 0.25) is 0 Å². The molecule has 1 fully saturated rings. The van der Waals surface area contributed by atoms with Crippen molar-refractivity contribution in [2.24, 2.45) is 11.3 Å². The topological polar surface area (TPSA) is 78.2 Å². The zero-order chi connectivity index (χ0) is 11.7. The maximum Gasteiger partial charge on any atom is 0.152 e. The van der Waals surface area contributed by atoms with Gasteiger partial charge in [0.05, 0.1) is 23.3 Å². The second-order valence-corrected chi connectivity index (χ2v) is 6.91. The first-order valence-corrected chi connectivity index (χ1v) is 6.87. The van der Waals surface area contributed by atoms with E-state index in [4.69, 9.17) is 5.26 Å². The van der Waals surface area contributed by atoms with Crippen LogP contribution >= 0.6 is 0 Å². The summed E-state index contributed by atoms with van der Waals surface area (Å²) < 4.78 is 23.4. The molecule has 0 heterocycles. The summed E-state index contributed by atoms with van der Waals surface area (Å²) in [5.74, 6) is 0.0518. The zero-order valence-electron chi connectivity index (χ0n) is 9.10. The second-order valence-electron chi connectivity index (χ2n) is 4.34. The van der Waals surface area contributed by atoms with Crippen molar-refractivity contribution in [3.05, 3.63) is 0 Å². The van der Waals surface area contributed by atoms with Gasteiger partial charge in [-0.15, -0.1) is 0 Å². The second kappa shape index (κ2) is 4.11. The molecule has 1 rings (SSSR count). The lowest BCUT2D eigenvalue weighted by molar-refractivity contribution is 0.144. The average Bonchev–Trinajstić information content (AvgIpc) is 2.57. The predicted molar refractivity (Wildman–Crippen MR) is 56.8 cm³/mol. The molecule has 1 aliphatic rings. The largest absolute Gasteiger partial charge is 0.395 e. The van der Waals surface area contributed by atoms with Gasteiger partial charge in [-0.25, -0.2) is 8.42 Å². The normalized spacial score (nSPS) is 36.4. The summed E-state index contributed by atoms with van der Waals surface area (Å²) in [7, 11) is -3.08. The van der Waals surface area contributed by atoms with Crippen molar-refractivity contribution in [1.82, 2.24) is 0 Å². The van der Waals surface area contributed by atoms with Gasteiger partial charge in [0.25, 0.3) is 0 Å². The molecule has 0 saturated heterocycles. The molecule has 5 heteroatoms. The maximum absolute atomic E-state index is 11.7. The van der Waals surface area contributed by atoms with E-state index < -0.39 is 20.5 Å². The Morgan fingerprint density at radius 1 is 1.60 bits per heavy atom. The Morgan fingerprint density at radius 2 is 2.20 bits per heavy atom. The van der Waals surface area contributed by atoms with Gasteiger partial charge < -0.3 is 5.11 Å². The molecule has 0 aromatic heterocycles. The Hall–Kier alpha value is -0.600. The van der Waals surface area contributed by atoms with Gasteiger partial charge in [-0.05, 0) is 18.8 Å². The van der Waals surface area contributed by atoms with Crippen molar-refractivity contribution in [2.45, 2.75) is 31.9 Å². The van der Waals surface area contributed by atoms with E-state index in [2.05, 4.69) is 6.07 Å². The summed E-state index contributed by atoms with van der Waals surface area (Å²) in [5, 5.41) is 17.8. The van der Waals surface area contributed by atoms with Crippen LogP contribution in [-0.2, 0) is 9.84 Å². The zero-order valence-corrected chi connectivity index (χ0v) is 9.92. The lowest BCUT2D eigenvalue weighted by Crippen LogP contribution is -2.27. The minimum absolute atomic E-state index is 0.0566. The molecular weight excluding hydrogens is 214 g/mol. The maximum atomic E-state index is 11.7. The molecule has 0 bridgehead atoms. The third-order valence-electron chi connectivity index (χ3n) is 3.57. The summed E-state index contributed by atoms with van der Waals surface area (Å²) in [6.07, 6.45) is 0.766. The molecule has 86 valence electrons. The summed E-state index contributed by atoms with van der Waals surface area (Å²) in [5.41, 5.74) is -0.854. The van der Waals surface area contributed by atoms with Gasteiger partial charge >= 0.3 is 0 Å². The van der Waals surface area contributed by atoms with Crippen LogP contribution in [0.25, 0.3) is 0 Å². The van der Waals surface area contributed by atoms with Crippen molar-refractivity contribution in [1.29, 1.82) is 5.26 Å². The molecule has 0 amide bonds. The molecule has 3 unspecified atom stereocenters. The molecule has 0 radical (unpaired) electrons. The predicted octanol–water partition coefficient (Wildman–Crippen LogP) is 0.722. The first-order chi connectivity index (χ1) is 6.91. The number of sulfone groups is 1. The molecule has 1 aliphatic carbocycles. The van der Waals surface area contributed by atoms with Gasteiger partial charge in [-0.1, -0.05) is 13.8 Å². The van der Waals surface area contributed by atoms with Crippen LogP contribution in [-0.4, -0.2) is 31.1 Å². The molecule has 0 aromatic carbocycles. The highest BCUT2D eigenvalue weighted by Crippen LogP contribution is 2.45. The first-order valence-electron chi connectivity index (χ1n) is 5.15. The van der Waals surface area contributed by atoms with Crippen LogP contribution in [0.1, 0.15) is 26.7 Å². The molecule has 1 saturated carbocycles. The molecule has 3 atom stereocenters. The number of rotatable bonds is 3. The van der Waals surface area contributed by atoms with Crippen molar-refractivity contribution < 1.29 is 13.5 Å². The van der Waals surface area contributed by atoms with E-state index in [1.165, 1.54) is 0 Å². The van der Waals surface area contributed by atoms with Crippen molar-refractivity contribution in [3.8, 4) is 6.07 Å². The Bertz CT molecular complexity index is 371. The lowest BCUT2D eigenvalue weighted by atomic mass is 9.81. The highest BCUT2D eigenvalue weighted by Gasteiger charge is 2.48. The lowest BCUT2D eigenvalue weighted by Gasteiger charge is -2.22. The van der Waals surface area contributed by atoms with E-state index in [0.29, 0.717) is 6.42 Å². The van der Waals surface area contributed by atoms with Crippen molar-refractivity contribution in [3.63, 3.8) is 0 Å². The fourth-order valence-corrected chi connectivity index (χ4v) is 3.84. The summed E-state index contributed by atoms with van der Waals surface area (Å²) in [4.78, 5) is 0. The molecule has 0 aromatic rings. The van der Waals surface area contributed by atoms with Crippen LogP contribution in [0, 0.1) is 22.7 Å². The number of hydrogen-bond acceptors (Lipinski definition) is 4. The van der Waals surface area contributed by atoms with E-state index in [9.17, 15) is 13.5 Å². The van der Waals surface area contributed by atoms with Crippen LogP contribution in [0.3, 0.4) is 0 Å². The molecule has 4 nitrogen and oxygen atoms in total. The Balaban J connectivity index is 2.95. The summed E-state index contributed by atoms with van der Waals surface area (Å²) >= 11 is 0. The summed E-state index contributed by atoms with van der Waals surface area (Å²) in [6.45, 7) is 3.20. The molecule has 15 heavy (non-hydrogen) atoms. The number of hydrogen-bond donors (Lipinski definition) is 1. The molecule has 1 N–H and O–H groups in total. The first kappa shape index (κ1) is 12.5. The third kappa shape index (κ3) is 2.01. The van der Waals surface area contributed by atoms with E-state index in [1.54, 1.807) is 6.92 Å². The Kier molecular flexibility index (Phi) is 3.41. The minimum Gasteiger partial charge on any atom is -0.395 e. The smallest absolute Gasteiger partial charge is 0.152 e. The fraction of sp³-hybridized carbons (Fsp3) is 0.900. The third-order valence-corrected chi connectivity index (χ3v) is 5.75. The van der Waals surface area contributed by atoms with Gasteiger partial charge in [0.2, 0.25) is 0 Å². The van der Waals surface area contributed by atoms with E-state index >= 15 is 0 Å². The minimum atomic E-state index is -3.08. The summed E-state index contributed by atoms with van der Waals surface area (Å²) in [6, 6.07) is 2.09. The molecule has 0 aliphatic heterocycles. The van der Waals surface area contributed by atoms with Gasteiger partial charge in [0, 0.05) is 5.75 Å². The van der Waals surface area contributed by atoms with Crippen LogP contribution in [0.4, 0.5) is 0 Å². The standard InChI is InChI=1S/C10H17NO3S/c1-3-15(13,14)9-4-8(2)10(5-9,6-11)7-12/h8-9,12H,3-5,7H2,1-2H3. The van der Waals surface area contributed by atoms with Gasteiger partial charge in [0.15, 0.2) is 9.84 Å². The van der Waals surface area contributed by atoms with Crippen LogP contribution in [0.15, 0.2) is 0 Å². The van der Waals surface area contributed by atoms with Gasteiger partial charge in [-0.3, -0.25) is 0 Å². The van der Waals surface area contributed by atoms with E-state index in [0.717, 1.165) is 0 Å². The Morgan fingerprint density at radius 3 is 2.53 bits per heavy atom. The fourth-order valence-electron chi connectivity index (χ4n) is 2.23. The van der Waals surface area contributed by atoms with Crippen molar-refractivity contribution in [2.75, 3.05) is 12.4 Å². The quantitative estimate of drug-likeness (QED) is 0.776. The van der Waals surface area contributed by atoms with E-state index in [1.807, 2.05) is 6.92 Å². The van der Waals surface area contributed by atoms with E-state index in [-0.39, 0.29) is 24.7 Å². The van der Waals surface area contributed by atoms with Gasteiger partial charge in [0.1, 0.15) is 0 Å². The van der Waals surface area contributed by atoms with Crippen LogP contribution in [0.5, 0.6) is 0 Å².